The number of halogens is 3. The average molecular weight is 421 g/mol. The van der Waals surface area contributed by atoms with Gasteiger partial charge in [-0.1, -0.05) is 17.8 Å². The molecule has 0 unspecified atom stereocenters. The van der Waals surface area contributed by atoms with E-state index in [1.54, 1.807) is 36.5 Å². The molecule has 2 heterocycles. The lowest BCUT2D eigenvalue weighted by atomic mass is 10.2. The Morgan fingerprint density at radius 3 is 2.59 bits per heavy atom. The Bertz CT molecular complexity index is 1040. The zero-order valence-electron chi connectivity index (χ0n) is 14.8. The van der Waals surface area contributed by atoms with Gasteiger partial charge in [0.2, 0.25) is 0 Å². The van der Waals surface area contributed by atoms with Crippen LogP contribution in [0.25, 0.3) is 10.9 Å². The molecule has 0 saturated carbocycles. The van der Waals surface area contributed by atoms with Gasteiger partial charge < -0.3 is 10.1 Å². The van der Waals surface area contributed by atoms with Crippen molar-refractivity contribution in [2.45, 2.75) is 11.2 Å². The minimum atomic E-state index is -4.41. The summed E-state index contributed by atoms with van der Waals surface area (Å²) in [6, 6.07) is 11.4. The molecular weight excluding hydrogens is 407 g/mol. The summed E-state index contributed by atoms with van der Waals surface area (Å²) in [6.07, 6.45) is -1.51. The first-order valence-electron chi connectivity index (χ1n) is 8.29. The predicted molar refractivity (Wildman–Crippen MR) is 102 cm³/mol. The fourth-order valence-corrected chi connectivity index (χ4v) is 3.16. The summed E-state index contributed by atoms with van der Waals surface area (Å²) in [4.78, 5) is 32.3. The van der Waals surface area contributed by atoms with Crippen LogP contribution in [0, 0.1) is 0 Å². The van der Waals surface area contributed by atoms with E-state index in [-0.39, 0.29) is 10.6 Å². The van der Waals surface area contributed by atoms with Crippen molar-refractivity contribution in [3.8, 4) is 0 Å². The number of amides is 1. The minimum absolute atomic E-state index is 0.115. The number of ether oxygens (including phenoxy) is 1. The van der Waals surface area contributed by atoms with Crippen LogP contribution in [0.3, 0.4) is 0 Å². The van der Waals surface area contributed by atoms with Gasteiger partial charge in [0.1, 0.15) is 5.03 Å². The molecule has 0 aliphatic rings. The molecule has 0 bridgehead atoms. The third kappa shape index (κ3) is 5.67. The highest BCUT2D eigenvalue weighted by Gasteiger charge is 2.29. The van der Waals surface area contributed by atoms with Crippen LogP contribution in [0.15, 0.2) is 59.9 Å². The summed E-state index contributed by atoms with van der Waals surface area (Å²) in [6.45, 7) is -0.603. The van der Waals surface area contributed by atoms with Crippen molar-refractivity contribution >= 4 is 40.2 Å². The van der Waals surface area contributed by atoms with Gasteiger partial charge in [0.05, 0.1) is 22.5 Å². The van der Waals surface area contributed by atoms with Crippen molar-refractivity contribution in [3.05, 3.63) is 60.4 Å². The molecule has 0 aliphatic heterocycles. The van der Waals surface area contributed by atoms with Crippen LogP contribution < -0.4 is 5.32 Å². The summed E-state index contributed by atoms with van der Waals surface area (Å²) in [5.74, 6) is -2.72. The molecule has 0 atom stereocenters. The van der Waals surface area contributed by atoms with Crippen LogP contribution in [0.2, 0.25) is 0 Å². The highest BCUT2D eigenvalue weighted by molar-refractivity contribution is 7.99. The van der Waals surface area contributed by atoms with Crippen molar-refractivity contribution in [2.75, 3.05) is 17.7 Å². The second-order valence-electron chi connectivity index (χ2n) is 5.76. The first-order chi connectivity index (χ1) is 13.8. The van der Waals surface area contributed by atoms with Crippen molar-refractivity contribution in [3.63, 3.8) is 0 Å². The SMILES string of the molecule is O=C(COC(=O)c1cccnc1SCC(F)(F)F)Nc1cccc2ncccc12. The molecule has 1 amide bonds. The standard InChI is InChI=1S/C19H14F3N3O3S/c20-19(21,22)11-29-17-13(5-3-9-24-17)18(27)28-10-16(26)25-15-7-1-6-14-12(15)4-2-8-23-14/h1-9H,10-11H2,(H,25,26). The molecule has 2 aromatic heterocycles. The van der Waals surface area contributed by atoms with Gasteiger partial charge in [-0.3, -0.25) is 9.78 Å². The molecule has 150 valence electrons. The quantitative estimate of drug-likeness (QED) is 0.477. The number of pyridine rings is 2. The lowest BCUT2D eigenvalue weighted by Crippen LogP contribution is -2.21. The topological polar surface area (TPSA) is 81.2 Å². The fraction of sp³-hybridized carbons (Fsp3) is 0.158. The Kier molecular flexibility index (Phi) is 6.32. The number of nitrogens with one attached hydrogen (secondary N) is 1. The van der Waals surface area contributed by atoms with Crippen LogP contribution in [0.5, 0.6) is 0 Å². The molecular formula is C19H14F3N3O3S. The van der Waals surface area contributed by atoms with Crippen LogP contribution in [0.4, 0.5) is 18.9 Å². The second-order valence-corrected chi connectivity index (χ2v) is 6.72. The molecule has 29 heavy (non-hydrogen) atoms. The Labute approximate surface area is 167 Å². The van der Waals surface area contributed by atoms with E-state index in [2.05, 4.69) is 15.3 Å². The highest BCUT2D eigenvalue weighted by Crippen LogP contribution is 2.28. The Morgan fingerprint density at radius 2 is 1.79 bits per heavy atom. The number of benzene rings is 1. The van der Waals surface area contributed by atoms with Gasteiger partial charge >= 0.3 is 12.1 Å². The third-order valence-corrected chi connectivity index (χ3v) is 4.69. The molecule has 0 fully saturated rings. The van der Waals surface area contributed by atoms with E-state index in [0.717, 1.165) is 0 Å². The second kappa shape index (κ2) is 8.91. The molecule has 3 rings (SSSR count). The summed E-state index contributed by atoms with van der Waals surface area (Å²) in [5, 5.41) is 3.23. The molecule has 6 nitrogen and oxygen atoms in total. The lowest BCUT2D eigenvalue weighted by molar-refractivity contribution is -0.119. The molecule has 3 aromatic rings. The molecule has 10 heteroatoms. The number of anilines is 1. The predicted octanol–water partition coefficient (Wildman–Crippen LogP) is 4.08. The molecule has 0 saturated heterocycles. The first-order valence-corrected chi connectivity index (χ1v) is 9.27. The molecule has 0 radical (unpaired) electrons. The van der Waals surface area contributed by atoms with Crippen LogP contribution in [0.1, 0.15) is 10.4 Å². The van der Waals surface area contributed by atoms with E-state index in [9.17, 15) is 22.8 Å². The van der Waals surface area contributed by atoms with Gasteiger partial charge in [0, 0.05) is 17.8 Å². The van der Waals surface area contributed by atoms with Crippen LogP contribution in [-0.2, 0) is 9.53 Å². The van der Waals surface area contributed by atoms with Crippen molar-refractivity contribution < 1.29 is 27.5 Å². The van der Waals surface area contributed by atoms with Crippen molar-refractivity contribution in [1.29, 1.82) is 0 Å². The Morgan fingerprint density at radius 1 is 1.03 bits per heavy atom. The number of hydrogen-bond acceptors (Lipinski definition) is 6. The Hall–Kier alpha value is -3.14. The van der Waals surface area contributed by atoms with Crippen molar-refractivity contribution in [1.82, 2.24) is 9.97 Å². The van der Waals surface area contributed by atoms with E-state index < -0.39 is 30.4 Å². The number of esters is 1. The zero-order valence-corrected chi connectivity index (χ0v) is 15.6. The summed E-state index contributed by atoms with van der Waals surface area (Å²) >= 11 is 0.376. The van der Waals surface area contributed by atoms with Gasteiger partial charge in [-0.2, -0.15) is 13.2 Å². The number of carbonyl (C=O) groups excluding carboxylic acids is 2. The summed E-state index contributed by atoms with van der Waals surface area (Å²) < 4.78 is 42.2. The maximum absolute atomic E-state index is 12.4. The van der Waals surface area contributed by atoms with E-state index in [0.29, 0.717) is 28.4 Å². The summed E-state index contributed by atoms with van der Waals surface area (Å²) in [5.41, 5.74) is 1.05. The number of nitrogens with zero attached hydrogens (tertiary/aromatic N) is 2. The lowest BCUT2D eigenvalue weighted by Gasteiger charge is -2.11. The maximum atomic E-state index is 12.4. The molecule has 1 aromatic carbocycles. The number of aromatic nitrogens is 2. The van der Waals surface area contributed by atoms with Crippen molar-refractivity contribution in [2.24, 2.45) is 0 Å². The third-order valence-electron chi connectivity index (χ3n) is 3.62. The first kappa shape index (κ1) is 20.6. The van der Waals surface area contributed by atoms with Gasteiger partial charge in [-0.15, -0.1) is 0 Å². The molecule has 0 aliphatic carbocycles. The summed E-state index contributed by atoms with van der Waals surface area (Å²) in [7, 11) is 0. The van der Waals surface area contributed by atoms with Crippen LogP contribution >= 0.6 is 11.8 Å². The monoisotopic (exact) mass is 421 g/mol. The number of hydrogen-bond donors (Lipinski definition) is 1. The number of fused-ring (bicyclic) bond motifs is 1. The van der Waals surface area contributed by atoms with E-state index >= 15 is 0 Å². The van der Waals surface area contributed by atoms with Gasteiger partial charge in [-0.25, -0.2) is 9.78 Å². The molecule has 1 N–H and O–H groups in total. The van der Waals surface area contributed by atoms with E-state index in [1.165, 1.54) is 18.3 Å². The number of rotatable bonds is 6. The smallest absolute Gasteiger partial charge is 0.398 e. The number of alkyl halides is 3. The zero-order chi connectivity index (χ0) is 20.9. The van der Waals surface area contributed by atoms with E-state index in [1.807, 2.05) is 0 Å². The Balaban J connectivity index is 1.63. The fourth-order valence-electron chi connectivity index (χ4n) is 2.42. The number of carbonyl (C=O) groups is 2. The maximum Gasteiger partial charge on any atom is 0.398 e. The van der Waals surface area contributed by atoms with Gasteiger partial charge in [-0.05, 0) is 36.4 Å². The average Bonchev–Trinajstić information content (AvgIpc) is 2.70. The van der Waals surface area contributed by atoms with E-state index in [4.69, 9.17) is 4.74 Å². The number of thioether (sulfide) groups is 1. The molecule has 0 spiro atoms. The minimum Gasteiger partial charge on any atom is -0.452 e. The van der Waals surface area contributed by atoms with Gasteiger partial charge in [0.15, 0.2) is 6.61 Å². The highest BCUT2D eigenvalue weighted by atomic mass is 32.2. The van der Waals surface area contributed by atoms with Crippen LogP contribution in [-0.4, -0.2) is 40.4 Å². The largest absolute Gasteiger partial charge is 0.452 e. The van der Waals surface area contributed by atoms with Gasteiger partial charge in [0.25, 0.3) is 5.91 Å². The normalized spacial score (nSPS) is 11.3.